The molecule has 0 aliphatic heterocycles. The molecule has 17 heavy (non-hydrogen) atoms. The number of sulfonamides is 1. The minimum absolute atomic E-state index is 0.195. The predicted octanol–water partition coefficient (Wildman–Crippen LogP) is 2.54. The monoisotopic (exact) mass is 291 g/mol. The fraction of sp³-hybridized carbons (Fsp3) is 0.222. The van der Waals surface area contributed by atoms with E-state index in [1.807, 2.05) is 0 Å². The molecule has 92 valence electrons. The Labute approximate surface area is 108 Å². The van der Waals surface area contributed by atoms with Gasteiger partial charge in [-0.25, -0.2) is 8.42 Å². The van der Waals surface area contributed by atoms with Crippen LogP contribution in [0.25, 0.3) is 0 Å². The zero-order valence-corrected chi connectivity index (χ0v) is 11.5. The average Bonchev–Trinajstić information content (AvgIpc) is 2.76. The Balaban J connectivity index is 2.35. The Morgan fingerprint density at radius 3 is 2.65 bits per heavy atom. The van der Waals surface area contributed by atoms with Crippen LogP contribution in [0.2, 0.25) is 4.34 Å². The van der Waals surface area contributed by atoms with Crippen LogP contribution in [0.15, 0.2) is 16.5 Å². The summed E-state index contributed by atoms with van der Waals surface area (Å²) in [5.74, 6) is 0. The third-order valence-corrected chi connectivity index (χ3v) is 5.57. The van der Waals surface area contributed by atoms with Crippen LogP contribution in [0.4, 0.5) is 5.69 Å². The molecular formula is C9H10ClN3O2S2. The number of H-pyrrole nitrogens is 1. The number of anilines is 1. The Morgan fingerprint density at radius 1 is 1.47 bits per heavy atom. The first-order chi connectivity index (χ1) is 7.90. The molecule has 0 atom stereocenters. The summed E-state index contributed by atoms with van der Waals surface area (Å²) in [5.41, 5.74) is 1.85. The molecule has 0 aliphatic rings. The van der Waals surface area contributed by atoms with Crippen molar-refractivity contribution >= 4 is 38.6 Å². The molecular weight excluding hydrogens is 282 g/mol. The number of nitrogens with zero attached hydrogens (tertiary/aromatic N) is 1. The summed E-state index contributed by atoms with van der Waals surface area (Å²) in [7, 11) is -3.58. The highest BCUT2D eigenvalue weighted by Gasteiger charge is 2.19. The lowest BCUT2D eigenvalue weighted by atomic mass is 10.4. The quantitative estimate of drug-likeness (QED) is 0.912. The number of hydrogen-bond acceptors (Lipinski definition) is 4. The fourth-order valence-electron chi connectivity index (χ4n) is 1.21. The smallest absolute Gasteiger partial charge is 0.271 e. The second-order valence-corrected chi connectivity index (χ2v) is 7.10. The minimum Gasteiger partial charge on any atom is -0.281 e. The largest absolute Gasteiger partial charge is 0.281 e. The Bertz CT molecular complexity index is 626. The van der Waals surface area contributed by atoms with E-state index in [-0.39, 0.29) is 4.21 Å². The van der Waals surface area contributed by atoms with Crippen LogP contribution in [0.3, 0.4) is 0 Å². The first-order valence-electron chi connectivity index (χ1n) is 4.69. The summed E-state index contributed by atoms with van der Waals surface area (Å²) in [4.78, 5) is 0. The lowest BCUT2D eigenvalue weighted by molar-refractivity contribution is 0.603. The lowest BCUT2D eigenvalue weighted by Gasteiger charge is -2.03. The molecule has 5 nitrogen and oxygen atoms in total. The van der Waals surface area contributed by atoms with Gasteiger partial charge in [0.2, 0.25) is 0 Å². The molecule has 2 N–H and O–H groups in total. The van der Waals surface area contributed by atoms with Crippen LogP contribution in [0.5, 0.6) is 0 Å². The summed E-state index contributed by atoms with van der Waals surface area (Å²) in [6.45, 7) is 3.50. The van der Waals surface area contributed by atoms with Crippen molar-refractivity contribution in [1.29, 1.82) is 0 Å². The normalized spacial score (nSPS) is 11.7. The molecule has 0 spiro atoms. The highest BCUT2D eigenvalue weighted by molar-refractivity contribution is 7.94. The van der Waals surface area contributed by atoms with Gasteiger partial charge >= 0.3 is 0 Å². The molecule has 2 heterocycles. The van der Waals surface area contributed by atoms with Gasteiger partial charge in [-0.1, -0.05) is 11.6 Å². The first-order valence-corrected chi connectivity index (χ1v) is 7.36. The fourth-order valence-corrected chi connectivity index (χ4v) is 4.03. The average molecular weight is 292 g/mol. The van der Waals surface area contributed by atoms with E-state index in [1.165, 1.54) is 6.20 Å². The zero-order valence-electron chi connectivity index (χ0n) is 9.11. The van der Waals surface area contributed by atoms with Crippen LogP contribution in [-0.4, -0.2) is 18.6 Å². The number of nitrogens with one attached hydrogen (secondary N) is 2. The van der Waals surface area contributed by atoms with Crippen LogP contribution in [-0.2, 0) is 10.0 Å². The maximum atomic E-state index is 12.0. The number of halogens is 1. The van der Waals surface area contributed by atoms with E-state index in [4.69, 9.17) is 11.6 Å². The van der Waals surface area contributed by atoms with Crippen LogP contribution in [0.1, 0.15) is 11.3 Å². The maximum absolute atomic E-state index is 12.0. The van der Waals surface area contributed by atoms with Gasteiger partial charge in [0.1, 0.15) is 4.21 Å². The third kappa shape index (κ3) is 2.46. The molecule has 0 bridgehead atoms. The summed E-state index contributed by atoms with van der Waals surface area (Å²) in [6.07, 6.45) is 1.43. The van der Waals surface area contributed by atoms with Crippen molar-refractivity contribution in [3.63, 3.8) is 0 Å². The summed E-state index contributed by atoms with van der Waals surface area (Å²) in [6, 6.07) is 1.55. The van der Waals surface area contributed by atoms with Crippen molar-refractivity contribution in [2.24, 2.45) is 0 Å². The number of rotatable bonds is 3. The van der Waals surface area contributed by atoms with Gasteiger partial charge in [0.05, 0.1) is 21.9 Å². The molecule has 2 aromatic heterocycles. The van der Waals surface area contributed by atoms with E-state index in [1.54, 1.807) is 19.9 Å². The minimum atomic E-state index is -3.58. The Hall–Kier alpha value is -1.05. The zero-order chi connectivity index (χ0) is 12.6. The number of hydrogen-bond donors (Lipinski definition) is 2. The number of aryl methyl sites for hydroxylation is 2. The second kappa shape index (κ2) is 4.32. The van der Waals surface area contributed by atoms with Gasteiger partial charge < -0.3 is 0 Å². The van der Waals surface area contributed by atoms with Crippen LogP contribution >= 0.6 is 22.9 Å². The van der Waals surface area contributed by atoms with Crippen molar-refractivity contribution in [1.82, 2.24) is 10.2 Å². The standard InChI is InChI=1S/C9H10ClN3O2S2/c1-5-3-8(16-9(5)10)17(14,15)13-7-4-11-12-6(7)2/h3-4,13H,1-2H3,(H,11,12). The first kappa shape index (κ1) is 12.4. The van der Waals surface area contributed by atoms with Crippen molar-refractivity contribution < 1.29 is 8.42 Å². The molecule has 0 aliphatic carbocycles. The van der Waals surface area contributed by atoms with E-state index in [9.17, 15) is 8.42 Å². The summed E-state index contributed by atoms with van der Waals surface area (Å²) < 4.78 is 27.2. The lowest BCUT2D eigenvalue weighted by Crippen LogP contribution is -2.11. The topological polar surface area (TPSA) is 74.8 Å². The number of thiophene rings is 1. The highest BCUT2D eigenvalue weighted by atomic mass is 35.5. The van der Waals surface area contributed by atoms with Gasteiger partial charge in [0, 0.05) is 0 Å². The number of aromatic nitrogens is 2. The van der Waals surface area contributed by atoms with Gasteiger partial charge in [-0.05, 0) is 25.5 Å². The van der Waals surface area contributed by atoms with Gasteiger partial charge in [0.15, 0.2) is 0 Å². The van der Waals surface area contributed by atoms with Crippen molar-refractivity contribution in [3.05, 3.63) is 27.9 Å². The molecule has 0 saturated carbocycles. The van der Waals surface area contributed by atoms with E-state index in [0.717, 1.165) is 16.9 Å². The maximum Gasteiger partial charge on any atom is 0.271 e. The van der Waals surface area contributed by atoms with Gasteiger partial charge in [-0.2, -0.15) is 5.10 Å². The predicted molar refractivity (Wildman–Crippen MR) is 68.2 cm³/mol. The molecule has 0 fully saturated rings. The number of aromatic amines is 1. The van der Waals surface area contributed by atoms with Crippen molar-refractivity contribution in [2.45, 2.75) is 18.1 Å². The molecule has 0 radical (unpaired) electrons. The van der Waals surface area contributed by atoms with Gasteiger partial charge in [-0.3, -0.25) is 9.82 Å². The molecule has 0 unspecified atom stereocenters. The van der Waals surface area contributed by atoms with Crippen molar-refractivity contribution in [2.75, 3.05) is 4.72 Å². The van der Waals surface area contributed by atoms with Crippen LogP contribution in [0, 0.1) is 13.8 Å². The van der Waals surface area contributed by atoms with Crippen molar-refractivity contribution in [3.8, 4) is 0 Å². The molecule has 2 rings (SSSR count). The second-order valence-electron chi connectivity index (χ2n) is 3.54. The molecule has 0 aromatic carbocycles. The SMILES string of the molecule is Cc1cc(S(=O)(=O)Nc2cn[nH]c2C)sc1Cl. The van der Waals surface area contributed by atoms with E-state index < -0.39 is 10.0 Å². The molecule has 0 saturated heterocycles. The summed E-state index contributed by atoms with van der Waals surface area (Å²) in [5, 5.41) is 6.41. The van der Waals surface area contributed by atoms with Crippen LogP contribution < -0.4 is 4.72 Å². The van der Waals surface area contributed by atoms with Gasteiger partial charge in [-0.15, -0.1) is 11.3 Å². The molecule has 2 aromatic rings. The highest BCUT2D eigenvalue weighted by Crippen LogP contribution is 2.31. The Morgan fingerprint density at radius 2 is 2.18 bits per heavy atom. The molecule has 8 heteroatoms. The van der Waals surface area contributed by atoms with Gasteiger partial charge in [0.25, 0.3) is 10.0 Å². The molecule has 0 amide bonds. The van der Waals surface area contributed by atoms with E-state index in [2.05, 4.69) is 14.9 Å². The van der Waals surface area contributed by atoms with E-state index in [0.29, 0.717) is 15.7 Å². The summed E-state index contributed by atoms with van der Waals surface area (Å²) >= 11 is 6.89. The third-order valence-electron chi connectivity index (χ3n) is 2.17. The van der Waals surface area contributed by atoms with E-state index >= 15 is 0 Å². The Kier molecular flexibility index (Phi) is 3.15.